The molecule has 1 saturated carbocycles. The minimum atomic E-state index is -0.467. The van der Waals surface area contributed by atoms with Gasteiger partial charge in [0.1, 0.15) is 5.78 Å². The predicted octanol–water partition coefficient (Wildman–Crippen LogP) is 0.880. The van der Waals surface area contributed by atoms with Crippen molar-refractivity contribution < 1.29 is 14.3 Å². The molecule has 0 aromatic heterocycles. The lowest BCUT2D eigenvalue weighted by atomic mass is 9.81. The molecule has 0 heterocycles. The fourth-order valence-electron chi connectivity index (χ4n) is 2.24. The van der Waals surface area contributed by atoms with Crippen molar-refractivity contribution in [1.29, 1.82) is 0 Å². The van der Waals surface area contributed by atoms with Crippen LogP contribution in [0, 0.1) is 5.92 Å². The topological polar surface area (TPSA) is 43.4 Å². The summed E-state index contributed by atoms with van der Waals surface area (Å²) in [6, 6.07) is 0. The van der Waals surface area contributed by atoms with Crippen molar-refractivity contribution in [2.45, 2.75) is 24.9 Å². The Hall–Kier alpha value is -0.960. The van der Waals surface area contributed by atoms with Crippen LogP contribution in [-0.4, -0.2) is 24.3 Å². The van der Waals surface area contributed by atoms with Crippen LogP contribution in [0.3, 0.4) is 0 Å². The van der Waals surface area contributed by atoms with Gasteiger partial charge in [0, 0.05) is 20.0 Å². The maximum Gasteiger partial charge on any atom is 0.156 e. The molecule has 0 radical (unpaired) electrons. The molecule has 0 saturated heterocycles. The molecule has 0 amide bonds. The molecular formula is C10H12O3. The molecule has 0 aromatic carbocycles. The SMILES string of the molecule is CO[C@@]12C=CC(=O)C[C@@H]1C(=O)CC2. The standard InChI is InChI=1S/C10H12O3/c1-13-10-4-2-7(11)6-8(10)9(12)3-5-10/h2,4,8H,3,5-6H2,1H3/t8-,10-/m1/s1. The molecule has 13 heavy (non-hydrogen) atoms. The predicted molar refractivity (Wildman–Crippen MR) is 46.2 cm³/mol. The second kappa shape index (κ2) is 2.77. The van der Waals surface area contributed by atoms with Crippen molar-refractivity contribution in [2.24, 2.45) is 5.92 Å². The van der Waals surface area contributed by atoms with E-state index in [4.69, 9.17) is 4.74 Å². The lowest BCUT2D eigenvalue weighted by molar-refractivity contribution is -0.130. The molecule has 0 aliphatic heterocycles. The number of Topliss-reactive ketones (excluding diaryl/α,β-unsaturated/α-hetero) is 1. The van der Waals surface area contributed by atoms with Gasteiger partial charge in [-0.05, 0) is 18.6 Å². The van der Waals surface area contributed by atoms with E-state index in [0.29, 0.717) is 12.8 Å². The van der Waals surface area contributed by atoms with Gasteiger partial charge in [0.25, 0.3) is 0 Å². The quantitative estimate of drug-likeness (QED) is 0.601. The highest BCUT2D eigenvalue weighted by molar-refractivity contribution is 5.98. The average Bonchev–Trinajstić information content (AvgIpc) is 2.46. The van der Waals surface area contributed by atoms with Crippen molar-refractivity contribution in [3.63, 3.8) is 0 Å². The van der Waals surface area contributed by atoms with E-state index in [0.717, 1.165) is 6.42 Å². The molecular weight excluding hydrogens is 168 g/mol. The molecule has 0 unspecified atom stereocenters. The van der Waals surface area contributed by atoms with Gasteiger partial charge in [0.2, 0.25) is 0 Å². The molecule has 70 valence electrons. The van der Waals surface area contributed by atoms with Crippen LogP contribution in [0.15, 0.2) is 12.2 Å². The largest absolute Gasteiger partial charge is 0.373 e. The molecule has 0 bridgehead atoms. The zero-order valence-corrected chi connectivity index (χ0v) is 7.58. The highest BCUT2D eigenvalue weighted by Gasteiger charge is 2.49. The van der Waals surface area contributed by atoms with Gasteiger partial charge < -0.3 is 4.74 Å². The first-order chi connectivity index (χ1) is 6.18. The minimum Gasteiger partial charge on any atom is -0.373 e. The molecule has 2 rings (SSSR count). The van der Waals surface area contributed by atoms with Crippen LogP contribution in [-0.2, 0) is 14.3 Å². The van der Waals surface area contributed by atoms with E-state index < -0.39 is 5.60 Å². The zero-order valence-electron chi connectivity index (χ0n) is 7.58. The number of fused-ring (bicyclic) bond motifs is 1. The highest BCUT2D eigenvalue weighted by atomic mass is 16.5. The van der Waals surface area contributed by atoms with Crippen LogP contribution >= 0.6 is 0 Å². The number of carbonyl (C=O) groups is 2. The Morgan fingerprint density at radius 3 is 3.00 bits per heavy atom. The van der Waals surface area contributed by atoms with E-state index in [1.165, 1.54) is 0 Å². The van der Waals surface area contributed by atoms with Crippen LogP contribution in [0.1, 0.15) is 19.3 Å². The molecule has 0 spiro atoms. The number of carbonyl (C=O) groups excluding carboxylic acids is 2. The Kier molecular flexibility index (Phi) is 1.84. The molecule has 2 aliphatic carbocycles. The minimum absolute atomic E-state index is 0.0351. The fraction of sp³-hybridized carbons (Fsp3) is 0.600. The Balaban J connectivity index is 2.37. The number of ether oxygens (including phenoxy) is 1. The van der Waals surface area contributed by atoms with Crippen LogP contribution in [0.2, 0.25) is 0 Å². The Bertz CT molecular complexity index is 293. The summed E-state index contributed by atoms with van der Waals surface area (Å²) < 4.78 is 5.36. The molecule has 1 fully saturated rings. The fourth-order valence-corrected chi connectivity index (χ4v) is 2.24. The van der Waals surface area contributed by atoms with Crippen LogP contribution in [0.5, 0.6) is 0 Å². The van der Waals surface area contributed by atoms with Crippen molar-refractivity contribution in [3.8, 4) is 0 Å². The Morgan fingerprint density at radius 2 is 2.31 bits per heavy atom. The molecule has 0 N–H and O–H groups in total. The van der Waals surface area contributed by atoms with E-state index in [1.54, 1.807) is 19.3 Å². The summed E-state index contributed by atoms with van der Waals surface area (Å²) in [5, 5.41) is 0. The molecule has 3 nitrogen and oxygen atoms in total. The number of hydrogen-bond donors (Lipinski definition) is 0. The van der Waals surface area contributed by atoms with Gasteiger partial charge in [-0.2, -0.15) is 0 Å². The van der Waals surface area contributed by atoms with Crippen molar-refractivity contribution in [2.75, 3.05) is 7.11 Å². The Labute approximate surface area is 76.8 Å². The molecule has 0 aromatic rings. The first-order valence-electron chi connectivity index (χ1n) is 4.48. The van der Waals surface area contributed by atoms with Gasteiger partial charge in [-0.15, -0.1) is 0 Å². The third-order valence-electron chi connectivity index (χ3n) is 3.08. The Morgan fingerprint density at radius 1 is 1.54 bits per heavy atom. The summed E-state index contributed by atoms with van der Waals surface area (Å²) in [6.07, 6.45) is 4.88. The second-order valence-corrected chi connectivity index (χ2v) is 3.68. The van der Waals surface area contributed by atoms with E-state index in [1.807, 2.05) is 0 Å². The summed E-state index contributed by atoms with van der Waals surface area (Å²) in [4.78, 5) is 22.6. The van der Waals surface area contributed by atoms with E-state index in [9.17, 15) is 9.59 Å². The number of allylic oxidation sites excluding steroid dienone is 1. The third-order valence-corrected chi connectivity index (χ3v) is 3.08. The maximum atomic E-state index is 11.5. The van der Waals surface area contributed by atoms with E-state index in [-0.39, 0.29) is 17.5 Å². The van der Waals surface area contributed by atoms with E-state index in [2.05, 4.69) is 0 Å². The van der Waals surface area contributed by atoms with Crippen LogP contribution in [0.25, 0.3) is 0 Å². The van der Waals surface area contributed by atoms with Gasteiger partial charge >= 0.3 is 0 Å². The molecule has 2 aliphatic rings. The monoisotopic (exact) mass is 180 g/mol. The number of ketones is 2. The second-order valence-electron chi connectivity index (χ2n) is 3.68. The normalized spacial score (nSPS) is 38.1. The van der Waals surface area contributed by atoms with Gasteiger partial charge in [0.05, 0.1) is 11.5 Å². The molecule has 3 heteroatoms. The maximum absolute atomic E-state index is 11.5. The van der Waals surface area contributed by atoms with Crippen molar-refractivity contribution in [1.82, 2.24) is 0 Å². The summed E-state index contributed by atoms with van der Waals surface area (Å²) in [5.74, 6) is -0.0255. The number of hydrogen-bond acceptors (Lipinski definition) is 3. The lowest BCUT2D eigenvalue weighted by Crippen LogP contribution is -2.39. The van der Waals surface area contributed by atoms with Crippen LogP contribution < -0.4 is 0 Å². The molecule has 2 atom stereocenters. The number of rotatable bonds is 1. The summed E-state index contributed by atoms with van der Waals surface area (Å²) >= 11 is 0. The summed E-state index contributed by atoms with van der Waals surface area (Å²) in [7, 11) is 1.60. The first kappa shape index (κ1) is 8.63. The van der Waals surface area contributed by atoms with Crippen molar-refractivity contribution >= 4 is 11.6 Å². The first-order valence-corrected chi connectivity index (χ1v) is 4.48. The van der Waals surface area contributed by atoms with Gasteiger partial charge in [-0.3, -0.25) is 9.59 Å². The lowest BCUT2D eigenvalue weighted by Gasteiger charge is -2.32. The van der Waals surface area contributed by atoms with Crippen molar-refractivity contribution in [3.05, 3.63) is 12.2 Å². The highest BCUT2D eigenvalue weighted by Crippen LogP contribution is 2.41. The average molecular weight is 180 g/mol. The van der Waals surface area contributed by atoms with Crippen LogP contribution in [0.4, 0.5) is 0 Å². The summed E-state index contributed by atoms with van der Waals surface area (Å²) in [6.45, 7) is 0. The third kappa shape index (κ3) is 1.15. The van der Waals surface area contributed by atoms with Gasteiger partial charge in [-0.1, -0.05) is 0 Å². The zero-order chi connectivity index (χ0) is 9.47. The summed E-state index contributed by atoms with van der Waals surface area (Å²) in [5.41, 5.74) is -0.467. The smallest absolute Gasteiger partial charge is 0.156 e. The number of methoxy groups -OCH3 is 1. The van der Waals surface area contributed by atoms with Gasteiger partial charge in [-0.25, -0.2) is 0 Å². The van der Waals surface area contributed by atoms with E-state index >= 15 is 0 Å². The van der Waals surface area contributed by atoms with Gasteiger partial charge in [0.15, 0.2) is 5.78 Å².